The van der Waals surface area contributed by atoms with Gasteiger partial charge in [0.2, 0.25) is 5.78 Å². The van der Waals surface area contributed by atoms with E-state index in [4.69, 9.17) is 4.42 Å². The first kappa shape index (κ1) is 18.4. The number of pyridine rings is 1. The van der Waals surface area contributed by atoms with Crippen LogP contribution >= 0.6 is 0 Å². The first-order chi connectivity index (χ1) is 13.6. The molecule has 4 rings (SSSR count). The maximum atomic E-state index is 13.1. The molecule has 1 unspecified atom stereocenters. The van der Waals surface area contributed by atoms with Crippen LogP contribution in [0.2, 0.25) is 0 Å². The largest absolute Gasteiger partial charge is 0.503 e. The molecule has 2 aromatic heterocycles. The lowest BCUT2D eigenvalue weighted by atomic mass is 9.98. The highest BCUT2D eigenvalue weighted by Crippen LogP contribution is 2.38. The summed E-state index contributed by atoms with van der Waals surface area (Å²) in [5.41, 5.74) is 0.576. The molecule has 0 aromatic carbocycles. The standard InChI is InChI=1S/C21H23N3O4/c1-14-7-8-16(28-14)19(25)17-18(15-6-2-3-9-22-15)24(21(27)20(17)26)13-12-23-10-4-5-11-23/h2-3,6-9,18,26H,4-5,10-13H2,1H3. The van der Waals surface area contributed by atoms with Gasteiger partial charge in [0.1, 0.15) is 11.8 Å². The van der Waals surface area contributed by atoms with Crippen LogP contribution in [0.3, 0.4) is 0 Å². The Kier molecular flexibility index (Phi) is 5.00. The van der Waals surface area contributed by atoms with Crippen LogP contribution < -0.4 is 0 Å². The zero-order valence-electron chi connectivity index (χ0n) is 15.8. The van der Waals surface area contributed by atoms with Crippen LogP contribution in [-0.4, -0.2) is 57.8 Å². The summed E-state index contributed by atoms with van der Waals surface area (Å²) in [5.74, 6) is -0.849. The van der Waals surface area contributed by atoms with Crippen LogP contribution in [-0.2, 0) is 4.79 Å². The van der Waals surface area contributed by atoms with Gasteiger partial charge >= 0.3 is 0 Å². The van der Waals surface area contributed by atoms with Crippen molar-refractivity contribution >= 4 is 11.7 Å². The molecule has 0 bridgehead atoms. The van der Waals surface area contributed by atoms with Gasteiger partial charge in [0.25, 0.3) is 5.91 Å². The molecule has 7 nitrogen and oxygen atoms in total. The van der Waals surface area contributed by atoms with Gasteiger partial charge in [-0.15, -0.1) is 0 Å². The zero-order chi connectivity index (χ0) is 19.7. The maximum absolute atomic E-state index is 13.1. The smallest absolute Gasteiger partial charge is 0.290 e. The fraction of sp³-hybridized carbons (Fsp3) is 0.381. The molecule has 146 valence electrons. The van der Waals surface area contributed by atoms with Gasteiger partial charge in [-0.3, -0.25) is 14.6 Å². The van der Waals surface area contributed by atoms with Gasteiger partial charge in [-0.1, -0.05) is 6.07 Å². The monoisotopic (exact) mass is 381 g/mol. The molecule has 7 heteroatoms. The third-order valence-electron chi connectivity index (χ3n) is 5.34. The van der Waals surface area contributed by atoms with Crippen LogP contribution in [0.1, 0.15) is 40.9 Å². The third kappa shape index (κ3) is 3.33. The van der Waals surface area contributed by atoms with E-state index in [9.17, 15) is 14.7 Å². The Labute approximate surface area is 163 Å². The summed E-state index contributed by atoms with van der Waals surface area (Å²) in [5, 5.41) is 10.6. The molecule has 1 atom stereocenters. The second kappa shape index (κ2) is 7.59. The first-order valence-electron chi connectivity index (χ1n) is 9.55. The number of hydrogen-bond acceptors (Lipinski definition) is 6. The Morgan fingerprint density at radius 1 is 1.21 bits per heavy atom. The highest BCUT2D eigenvalue weighted by molar-refractivity contribution is 6.14. The minimum Gasteiger partial charge on any atom is -0.503 e. The molecule has 0 spiro atoms. The van der Waals surface area contributed by atoms with Crippen LogP contribution in [0.4, 0.5) is 0 Å². The van der Waals surface area contributed by atoms with Crippen LogP contribution in [0.5, 0.6) is 0 Å². The van der Waals surface area contributed by atoms with E-state index in [0.29, 0.717) is 24.5 Å². The van der Waals surface area contributed by atoms with Crippen molar-refractivity contribution in [1.29, 1.82) is 0 Å². The van der Waals surface area contributed by atoms with Crippen molar-refractivity contribution in [3.05, 3.63) is 65.1 Å². The molecule has 1 saturated heterocycles. The molecule has 2 aliphatic rings. The Hall–Kier alpha value is -2.93. The number of amides is 1. The number of hydrogen-bond donors (Lipinski definition) is 1. The Bertz CT molecular complexity index is 913. The molecule has 1 N–H and O–H groups in total. The van der Waals surface area contributed by atoms with Crippen molar-refractivity contribution in [3.8, 4) is 0 Å². The van der Waals surface area contributed by atoms with Gasteiger partial charge in [-0.05, 0) is 57.1 Å². The summed E-state index contributed by atoms with van der Waals surface area (Å²) in [6.07, 6.45) is 3.93. The molecular weight excluding hydrogens is 358 g/mol. The predicted molar refractivity (Wildman–Crippen MR) is 102 cm³/mol. The molecule has 28 heavy (non-hydrogen) atoms. The van der Waals surface area contributed by atoms with Gasteiger partial charge in [0.05, 0.1) is 11.3 Å². The average Bonchev–Trinajstić information content (AvgIpc) is 3.42. The van der Waals surface area contributed by atoms with Crippen LogP contribution in [0.25, 0.3) is 0 Å². The van der Waals surface area contributed by atoms with Crippen molar-refractivity contribution in [1.82, 2.24) is 14.8 Å². The van der Waals surface area contributed by atoms with E-state index in [1.54, 1.807) is 48.4 Å². The summed E-state index contributed by atoms with van der Waals surface area (Å²) in [7, 11) is 0. The van der Waals surface area contributed by atoms with E-state index in [1.807, 2.05) is 0 Å². The quantitative estimate of drug-likeness (QED) is 0.774. The number of ketones is 1. The molecule has 2 aromatic rings. The maximum Gasteiger partial charge on any atom is 0.290 e. The van der Waals surface area contributed by atoms with Gasteiger partial charge in [0, 0.05) is 19.3 Å². The first-order valence-corrected chi connectivity index (χ1v) is 9.55. The van der Waals surface area contributed by atoms with Gasteiger partial charge < -0.3 is 19.3 Å². The second-order valence-corrected chi connectivity index (χ2v) is 7.21. The number of aryl methyl sites for hydroxylation is 1. The number of carbonyl (C=O) groups is 2. The SMILES string of the molecule is Cc1ccc(C(=O)C2=C(O)C(=O)N(CCN3CCCC3)C2c2ccccn2)o1. The second-order valence-electron chi connectivity index (χ2n) is 7.21. The number of aliphatic hydroxyl groups is 1. The Morgan fingerprint density at radius 2 is 2.00 bits per heavy atom. The summed E-state index contributed by atoms with van der Waals surface area (Å²) in [4.78, 5) is 34.1. The van der Waals surface area contributed by atoms with Crippen molar-refractivity contribution in [2.75, 3.05) is 26.2 Å². The molecule has 0 saturated carbocycles. The van der Waals surface area contributed by atoms with Crippen molar-refractivity contribution in [2.24, 2.45) is 0 Å². The summed E-state index contributed by atoms with van der Waals surface area (Å²) < 4.78 is 5.45. The summed E-state index contributed by atoms with van der Waals surface area (Å²) in [6, 6.07) is 7.86. The van der Waals surface area contributed by atoms with Crippen molar-refractivity contribution in [2.45, 2.75) is 25.8 Å². The van der Waals surface area contributed by atoms with Crippen LogP contribution in [0.15, 0.2) is 52.3 Å². The summed E-state index contributed by atoms with van der Waals surface area (Å²) in [6.45, 7) is 4.87. The number of aliphatic hydroxyl groups excluding tert-OH is 1. The number of rotatable bonds is 6. The van der Waals surface area contributed by atoms with Crippen molar-refractivity contribution in [3.63, 3.8) is 0 Å². The lowest BCUT2D eigenvalue weighted by Crippen LogP contribution is -2.38. The lowest BCUT2D eigenvalue weighted by Gasteiger charge is -2.27. The predicted octanol–water partition coefficient (Wildman–Crippen LogP) is 2.66. The number of nitrogens with zero attached hydrogens (tertiary/aromatic N) is 3. The van der Waals surface area contributed by atoms with Crippen LogP contribution in [0, 0.1) is 6.92 Å². The van der Waals surface area contributed by atoms with E-state index in [1.165, 1.54) is 0 Å². The fourth-order valence-corrected chi connectivity index (χ4v) is 3.91. The molecule has 4 heterocycles. The highest BCUT2D eigenvalue weighted by atomic mass is 16.3. The van der Waals surface area contributed by atoms with E-state index in [2.05, 4.69) is 9.88 Å². The molecular formula is C21H23N3O4. The molecule has 1 fully saturated rings. The van der Waals surface area contributed by atoms with E-state index >= 15 is 0 Å². The van der Waals surface area contributed by atoms with E-state index < -0.39 is 23.5 Å². The number of likely N-dealkylation sites (tertiary alicyclic amines) is 1. The molecule has 2 aliphatic heterocycles. The Balaban J connectivity index is 1.68. The number of furan rings is 1. The topological polar surface area (TPSA) is 86.9 Å². The van der Waals surface area contributed by atoms with Crippen molar-refractivity contribution < 1.29 is 19.1 Å². The minimum atomic E-state index is -0.728. The Morgan fingerprint density at radius 3 is 2.64 bits per heavy atom. The molecule has 0 aliphatic carbocycles. The van der Waals surface area contributed by atoms with Gasteiger partial charge in [-0.2, -0.15) is 0 Å². The van der Waals surface area contributed by atoms with E-state index in [0.717, 1.165) is 25.9 Å². The zero-order valence-corrected chi connectivity index (χ0v) is 15.8. The number of aromatic nitrogens is 1. The average molecular weight is 381 g/mol. The lowest BCUT2D eigenvalue weighted by molar-refractivity contribution is -0.129. The fourth-order valence-electron chi connectivity index (χ4n) is 3.91. The molecule has 1 amide bonds. The number of carbonyl (C=O) groups excluding carboxylic acids is 2. The van der Waals surface area contributed by atoms with Gasteiger partial charge in [0.15, 0.2) is 11.5 Å². The normalized spacial score (nSPS) is 20.4. The molecule has 0 radical (unpaired) electrons. The van der Waals surface area contributed by atoms with E-state index in [-0.39, 0.29) is 11.3 Å². The third-order valence-corrected chi connectivity index (χ3v) is 5.34. The minimum absolute atomic E-state index is 0.0273. The number of Topliss-reactive ketones (excluding diaryl/α,β-unsaturated/α-hetero) is 1. The summed E-state index contributed by atoms with van der Waals surface area (Å²) >= 11 is 0. The van der Waals surface area contributed by atoms with Gasteiger partial charge in [-0.25, -0.2) is 0 Å². The highest BCUT2D eigenvalue weighted by Gasteiger charge is 2.45.